The summed E-state index contributed by atoms with van der Waals surface area (Å²) in [5.74, 6) is 1.34. The molecule has 1 N–H and O–H groups in total. The Bertz CT molecular complexity index is 120. The van der Waals surface area contributed by atoms with E-state index in [-0.39, 0.29) is 6.10 Å². The monoisotopic (exact) mass is 200 g/mol. The van der Waals surface area contributed by atoms with Gasteiger partial charge in [-0.1, -0.05) is 52.9 Å². The zero-order valence-electron chi connectivity index (χ0n) is 10.4. The molecule has 0 rings (SSSR count). The Labute approximate surface area is 89.9 Å². The average Bonchev–Trinajstić information content (AvgIpc) is 2.14. The first-order valence-electron chi connectivity index (χ1n) is 6.26. The molecule has 0 bridgehead atoms. The molecule has 0 unspecified atom stereocenters. The standard InChI is InChI=1S/C13H28O/c1-5-6-8-11(2)9-7-10-12(3)13(4)14/h11-14H,5-10H2,1-4H3/t11-,12-,13-/m0/s1. The average molecular weight is 200 g/mol. The van der Waals surface area contributed by atoms with Crippen molar-refractivity contribution in [2.24, 2.45) is 11.8 Å². The Kier molecular flexibility index (Phi) is 8.26. The third-order valence-corrected chi connectivity index (χ3v) is 3.23. The summed E-state index contributed by atoms with van der Waals surface area (Å²) in [6.07, 6.45) is 7.70. The van der Waals surface area contributed by atoms with E-state index in [9.17, 15) is 5.11 Å². The first kappa shape index (κ1) is 14.0. The molecule has 0 amide bonds. The van der Waals surface area contributed by atoms with Gasteiger partial charge in [0.1, 0.15) is 0 Å². The highest BCUT2D eigenvalue weighted by Gasteiger charge is 2.09. The van der Waals surface area contributed by atoms with Gasteiger partial charge in [0.25, 0.3) is 0 Å². The minimum atomic E-state index is -0.138. The molecule has 0 heterocycles. The minimum absolute atomic E-state index is 0.138. The molecule has 0 saturated heterocycles. The molecule has 0 aliphatic rings. The molecule has 0 aromatic heterocycles. The third-order valence-electron chi connectivity index (χ3n) is 3.23. The molecule has 0 saturated carbocycles. The molecule has 1 nitrogen and oxygen atoms in total. The highest BCUT2D eigenvalue weighted by Crippen LogP contribution is 2.18. The van der Waals surface area contributed by atoms with Crippen LogP contribution in [-0.4, -0.2) is 11.2 Å². The molecular formula is C13H28O. The number of rotatable bonds is 8. The van der Waals surface area contributed by atoms with Gasteiger partial charge in [0.05, 0.1) is 6.10 Å². The number of hydrogen-bond acceptors (Lipinski definition) is 1. The molecule has 1 heteroatoms. The number of aliphatic hydroxyl groups is 1. The predicted molar refractivity (Wildman–Crippen MR) is 63.4 cm³/mol. The van der Waals surface area contributed by atoms with Crippen molar-refractivity contribution in [3.8, 4) is 0 Å². The first-order chi connectivity index (χ1) is 6.57. The highest BCUT2D eigenvalue weighted by molar-refractivity contribution is 4.61. The lowest BCUT2D eigenvalue weighted by molar-refractivity contribution is 0.127. The predicted octanol–water partition coefficient (Wildman–Crippen LogP) is 4.00. The molecule has 3 atom stereocenters. The molecule has 0 fully saturated rings. The smallest absolute Gasteiger partial charge is 0.0537 e. The zero-order chi connectivity index (χ0) is 11.0. The van der Waals surface area contributed by atoms with Crippen LogP contribution in [0.2, 0.25) is 0 Å². The zero-order valence-corrected chi connectivity index (χ0v) is 10.4. The summed E-state index contributed by atoms with van der Waals surface area (Å²) in [4.78, 5) is 0. The van der Waals surface area contributed by atoms with E-state index in [1.54, 1.807) is 0 Å². The fourth-order valence-electron chi connectivity index (χ4n) is 1.73. The first-order valence-corrected chi connectivity index (χ1v) is 6.26. The fraction of sp³-hybridized carbons (Fsp3) is 1.00. The molecule has 0 aliphatic heterocycles. The second-order valence-corrected chi connectivity index (χ2v) is 4.90. The summed E-state index contributed by atoms with van der Waals surface area (Å²) in [6, 6.07) is 0. The molecule has 86 valence electrons. The SMILES string of the molecule is CCCC[C@H](C)CCC[C@H](C)[C@H](C)O. The van der Waals surface area contributed by atoms with E-state index in [0.29, 0.717) is 5.92 Å². The lowest BCUT2D eigenvalue weighted by Crippen LogP contribution is -2.13. The fourth-order valence-corrected chi connectivity index (χ4v) is 1.73. The Morgan fingerprint density at radius 3 is 2.00 bits per heavy atom. The van der Waals surface area contributed by atoms with Gasteiger partial charge >= 0.3 is 0 Å². The van der Waals surface area contributed by atoms with Gasteiger partial charge in [-0.15, -0.1) is 0 Å². The molecule has 0 aromatic carbocycles. The summed E-state index contributed by atoms with van der Waals surface area (Å²) in [5.41, 5.74) is 0. The number of aliphatic hydroxyl groups excluding tert-OH is 1. The molecule has 0 radical (unpaired) electrons. The van der Waals surface area contributed by atoms with E-state index in [0.717, 1.165) is 5.92 Å². The van der Waals surface area contributed by atoms with Crippen LogP contribution in [0.5, 0.6) is 0 Å². The van der Waals surface area contributed by atoms with E-state index in [4.69, 9.17) is 0 Å². The van der Waals surface area contributed by atoms with Crippen molar-refractivity contribution in [1.29, 1.82) is 0 Å². The summed E-state index contributed by atoms with van der Waals surface area (Å²) >= 11 is 0. The van der Waals surface area contributed by atoms with E-state index >= 15 is 0 Å². The van der Waals surface area contributed by atoms with Crippen LogP contribution in [0, 0.1) is 11.8 Å². The lowest BCUT2D eigenvalue weighted by atomic mass is 9.93. The van der Waals surface area contributed by atoms with Crippen LogP contribution in [0.3, 0.4) is 0 Å². The Hall–Kier alpha value is -0.0400. The molecule has 0 spiro atoms. The van der Waals surface area contributed by atoms with Crippen molar-refractivity contribution >= 4 is 0 Å². The second kappa shape index (κ2) is 8.28. The topological polar surface area (TPSA) is 20.2 Å². The van der Waals surface area contributed by atoms with E-state index < -0.39 is 0 Å². The van der Waals surface area contributed by atoms with Crippen molar-refractivity contribution < 1.29 is 5.11 Å². The maximum absolute atomic E-state index is 9.33. The maximum Gasteiger partial charge on any atom is 0.0537 e. The molecule has 14 heavy (non-hydrogen) atoms. The van der Waals surface area contributed by atoms with Crippen LogP contribution in [-0.2, 0) is 0 Å². The summed E-state index contributed by atoms with van der Waals surface area (Å²) in [6.45, 7) is 8.64. The van der Waals surface area contributed by atoms with Gasteiger partial charge in [0, 0.05) is 0 Å². The van der Waals surface area contributed by atoms with Gasteiger partial charge in [-0.25, -0.2) is 0 Å². The molecular weight excluding hydrogens is 172 g/mol. The summed E-state index contributed by atoms with van der Waals surface area (Å²) < 4.78 is 0. The van der Waals surface area contributed by atoms with Gasteiger partial charge in [-0.05, 0) is 25.2 Å². The lowest BCUT2D eigenvalue weighted by Gasteiger charge is -2.16. The van der Waals surface area contributed by atoms with E-state index in [1.165, 1.54) is 38.5 Å². The van der Waals surface area contributed by atoms with Crippen molar-refractivity contribution in [1.82, 2.24) is 0 Å². The van der Waals surface area contributed by atoms with Crippen LogP contribution in [0.1, 0.15) is 66.2 Å². The van der Waals surface area contributed by atoms with Crippen LogP contribution in [0.15, 0.2) is 0 Å². The Morgan fingerprint density at radius 1 is 0.929 bits per heavy atom. The quantitative estimate of drug-likeness (QED) is 0.628. The minimum Gasteiger partial charge on any atom is -0.393 e. The second-order valence-electron chi connectivity index (χ2n) is 4.90. The van der Waals surface area contributed by atoms with E-state index in [1.807, 2.05) is 6.92 Å². The highest BCUT2D eigenvalue weighted by atomic mass is 16.3. The van der Waals surface area contributed by atoms with Crippen molar-refractivity contribution in [3.63, 3.8) is 0 Å². The van der Waals surface area contributed by atoms with Crippen LogP contribution < -0.4 is 0 Å². The Balaban J connectivity index is 3.34. The van der Waals surface area contributed by atoms with Gasteiger partial charge < -0.3 is 5.11 Å². The van der Waals surface area contributed by atoms with Gasteiger partial charge in [-0.2, -0.15) is 0 Å². The van der Waals surface area contributed by atoms with Crippen LogP contribution in [0.25, 0.3) is 0 Å². The Morgan fingerprint density at radius 2 is 1.50 bits per heavy atom. The maximum atomic E-state index is 9.33. The largest absolute Gasteiger partial charge is 0.393 e. The van der Waals surface area contributed by atoms with Gasteiger partial charge in [0.2, 0.25) is 0 Å². The van der Waals surface area contributed by atoms with Crippen molar-refractivity contribution in [2.45, 2.75) is 72.3 Å². The number of hydrogen-bond donors (Lipinski definition) is 1. The van der Waals surface area contributed by atoms with Crippen molar-refractivity contribution in [2.75, 3.05) is 0 Å². The normalized spacial score (nSPS) is 17.8. The third kappa shape index (κ3) is 7.37. The van der Waals surface area contributed by atoms with E-state index in [2.05, 4.69) is 20.8 Å². The van der Waals surface area contributed by atoms with Crippen LogP contribution >= 0.6 is 0 Å². The van der Waals surface area contributed by atoms with Gasteiger partial charge in [0.15, 0.2) is 0 Å². The summed E-state index contributed by atoms with van der Waals surface area (Å²) in [7, 11) is 0. The van der Waals surface area contributed by atoms with Crippen molar-refractivity contribution in [3.05, 3.63) is 0 Å². The molecule has 0 aromatic rings. The number of unbranched alkanes of at least 4 members (excludes halogenated alkanes) is 1. The van der Waals surface area contributed by atoms with Crippen LogP contribution in [0.4, 0.5) is 0 Å². The molecule has 0 aliphatic carbocycles. The summed E-state index contributed by atoms with van der Waals surface area (Å²) in [5, 5.41) is 9.33. The van der Waals surface area contributed by atoms with Gasteiger partial charge in [-0.3, -0.25) is 0 Å².